The molecule has 1 aromatic heterocycles. The Morgan fingerprint density at radius 2 is 2.05 bits per heavy atom. The molecule has 2 aromatic rings. The average Bonchev–Trinajstić information content (AvgIpc) is 2.82. The van der Waals surface area contributed by atoms with Crippen molar-refractivity contribution in [3.63, 3.8) is 0 Å². The van der Waals surface area contributed by atoms with Crippen LogP contribution in [0.25, 0.3) is 0 Å². The molecule has 0 unspecified atom stereocenters. The van der Waals surface area contributed by atoms with Crippen LogP contribution in [0.15, 0.2) is 23.0 Å². The second kappa shape index (κ2) is 5.00. The molecule has 0 bridgehead atoms. The monoisotopic (exact) mass is 311 g/mol. The zero-order chi connectivity index (χ0) is 14.3. The number of nitrogens with zero attached hydrogens (tertiary/aromatic N) is 1. The van der Waals surface area contributed by atoms with Crippen LogP contribution in [-0.2, 0) is 13.0 Å². The van der Waals surface area contributed by atoms with Crippen LogP contribution in [0.5, 0.6) is 0 Å². The highest BCUT2D eigenvalue weighted by molar-refractivity contribution is 6.35. The van der Waals surface area contributed by atoms with Crippen LogP contribution in [0.4, 0.5) is 0 Å². The van der Waals surface area contributed by atoms with Crippen molar-refractivity contribution in [2.45, 2.75) is 13.0 Å². The molecule has 1 aromatic carbocycles. The van der Waals surface area contributed by atoms with E-state index < -0.39 is 0 Å². The second-order valence-electron chi connectivity index (χ2n) is 4.64. The van der Waals surface area contributed by atoms with Gasteiger partial charge in [-0.2, -0.15) is 0 Å². The molecule has 20 heavy (non-hydrogen) atoms. The van der Waals surface area contributed by atoms with Crippen molar-refractivity contribution in [1.29, 1.82) is 0 Å². The Balaban J connectivity index is 1.91. The third-order valence-electron chi connectivity index (χ3n) is 3.39. The number of carbonyl (C=O) groups excluding carboxylic acids is 1. The van der Waals surface area contributed by atoms with Crippen LogP contribution in [-0.4, -0.2) is 27.5 Å². The third kappa shape index (κ3) is 2.23. The summed E-state index contributed by atoms with van der Waals surface area (Å²) in [5, 5.41) is 6.16. The van der Waals surface area contributed by atoms with E-state index in [1.54, 1.807) is 23.1 Å². The fraction of sp³-hybridized carbons (Fsp3) is 0.231. The standard InChI is InChI=1S/C13H11Cl2N3O2/c14-7-1-2-10(15)8(5-7)13(20)18-4-3-11-9(6-18)12(19)17-16-11/h1-2,5H,3-4,6H2,(H2,16,17,19). The first-order valence-corrected chi connectivity index (χ1v) is 6.84. The summed E-state index contributed by atoms with van der Waals surface area (Å²) in [5.74, 6) is -0.219. The molecule has 1 aliphatic heterocycles. The number of H-pyrrole nitrogens is 2. The Kier molecular flexibility index (Phi) is 3.31. The SMILES string of the molecule is O=C(c1cc(Cl)ccc1Cl)N1CCc2[nH][nH]c(=O)c2C1. The number of hydrogen-bond donors (Lipinski definition) is 2. The largest absolute Gasteiger partial charge is 0.334 e. The molecule has 7 heteroatoms. The molecule has 0 spiro atoms. The van der Waals surface area contributed by atoms with Gasteiger partial charge in [-0.15, -0.1) is 0 Å². The normalized spacial score (nSPS) is 14.2. The van der Waals surface area contributed by atoms with Gasteiger partial charge in [-0.05, 0) is 18.2 Å². The Morgan fingerprint density at radius 1 is 1.25 bits per heavy atom. The van der Waals surface area contributed by atoms with Crippen molar-refractivity contribution >= 4 is 29.1 Å². The summed E-state index contributed by atoms with van der Waals surface area (Å²) in [7, 11) is 0. The fourth-order valence-corrected chi connectivity index (χ4v) is 2.69. The van der Waals surface area contributed by atoms with Crippen LogP contribution in [0, 0.1) is 0 Å². The number of halogens is 2. The second-order valence-corrected chi connectivity index (χ2v) is 5.48. The lowest BCUT2D eigenvalue weighted by atomic mass is 10.1. The summed E-state index contributed by atoms with van der Waals surface area (Å²) < 4.78 is 0. The van der Waals surface area contributed by atoms with Crippen LogP contribution >= 0.6 is 23.2 Å². The zero-order valence-electron chi connectivity index (χ0n) is 10.4. The van der Waals surface area contributed by atoms with E-state index in [1.807, 2.05) is 0 Å². The van der Waals surface area contributed by atoms with Crippen molar-refractivity contribution in [2.24, 2.45) is 0 Å². The average molecular weight is 312 g/mol. The van der Waals surface area contributed by atoms with E-state index in [4.69, 9.17) is 23.2 Å². The lowest BCUT2D eigenvalue weighted by Gasteiger charge is -2.26. The molecule has 104 valence electrons. The van der Waals surface area contributed by atoms with E-state index in [-0.39, 0.29) is 18.0 Å². The number of fused-ring (bicyclic) bond motifs is 1. The molecular weight excluding hydrogens is 301 g/mol. The number of nitrogens with one attached hydrogen (secondary N) is 2. The number of hydrogen-bond acceptors (Lipinski definition) is 2. The lowest BCUT2D eigenvalue weighted by Crippen LogP contribution is -2.37. The van der Waals surface area contributed by atoms with Gasteiger partial charge in [0.15, 0.2) is 0 Å². The Labute approximate surface area is 124 Å². The molecule has 2 N–H and O–H groups in total. The number of amides is 1. The Hall–Kier alpha value is -1.72. The van der Waals surface area contributed by atoms with Gasteiger partial charge < -0.3 is 10.00 Å². The first kappa shape index (κ1) is 13.3. The summed E-state index contributed by atoms with van der Waals surface area (Å²) in [6.07, 6.45) is 0.609. The molecule has 1 aliphatic rings. The number of aromatic amines is 2. The molecule has 1 amide bonds. The van der Waals surface area contributed by atoms with E-state index in [1.165, 1.54) is 0 Å². The molecule has 0 aliphatic carbocycles. The first-order chi connectivity index (χ1) is 9.56. The van der Waals surface area contributed by atoms with Crippen LogP contribution < -0.4 is 5.56 Å². The maximum atomic E-state index is 12.5. The maximum absolute atomic E-state index is 12.5. The van der Waals surface area contributed by atoms with Gasteiger partial charge in [-0.1, -0.05) is 23.2 Å². The zero-order valence-corrected chi connectivity index (χ0v) is 11.9. The molecular formula is C13H11Cl2N3O2. The fourth-order valence-electron chi connectivity index (χ4n) is 2.32. The van der Waals surface area contributed by atoms with Crippen LogP contribution in [0.1, 0.15) is 21.6 Å². The lowest BCUT2D eigenvalue weighted by molar-refractivity contribution is 0.0734. The smallest absolute Gasteiger partial charge is 0.269 e. The van der Waals surface area contributed by atoms with Gasteiger partial charge >= 0.3 is 0 Å². The molecule has 0 saturated heterocycles. The minimum absolute atomic E-state index is 0.185. The third-order valence-corrected chi connectivity index (χ3v) is 3.96. The molecule has 0 saturated carbocycles. The van der Waals surface area contributed by atoms with Crippen LogP contribution in [0.2, 0.25) is 10.0 Å². The molecule has 0 radical (unpaired) electrons. The maximum Gasteiger partial charge on any atom is 0.269 e. The van der Waals surface area contributed by atoms with Crippen molar-refractivity contribution in [2.75, 3.05) is 6.54 Å². The van der Waals surface area contributed by atoms with E-state index in [9.17, 15) is 9.59 Å². The van der Waals surface area contributed by atoms with E-state index >= 15 is 0 Å². The van der Waals surface area contributed by atoms with Crippen molar-refractivity contribution in [1.82, 2.24) is 15.1 Å². The number of benzene rings is 1. The number of aromatic nitrogens is 2. The topological polar surface area (TPSA) is 69.0 Å². The van der Waals surface area contributed by atoms with Crippen molar-refractivity contribution in [3.05, 3.63) is 55.4 Å². The summed E-state index contributed by atoms with van der Waals surface area (Å²) in [6.45, 7) is 0.804. The summed E-state index contributed by atoms with van der Waals surface area (Å²) in [4.78, 5) is 25.7. The van der Waals surface area contributed by atoms with E-state index in [0.717, 1.165) is 5.69 Å². The van der Waals surface area contributed by atoms with E-state index in [0.29, 0.717) is 34.1 Å². The predicted molar refractivity (Wildman–Crippen MR) is 76.3 cm³/mol. The van der Waals surface area contributed by atoms with Crippen molar-refractivity contribution < 1.29 is 4.79 Å². The highest BCUT2D eigenvalue weighted by Gasteiger charge is 2.26. The molecule has 5 nitrogen and oxygen atoms in total. The summed E-state index contributed by atoms with van der Waals surface area (Å²) >= 11 is 11.9. The minimum Gasteiger partial charge on any atom is -0.334 e. The predicted octanol–water partition coefficient (Wildman–Crippen LogP) is 2.21. The molecule has 0 fully saturated rings. The molecule has 2 heterocycles. The first-order valence-electron chi connectivity index (χ1n) is 6.09. The van der Waals surface area contributed by atoms with Gasteiger partial charge in [0.25, 0.3) is 11.5 Å². The highest BCUT2D eigenvalue weighted by atomic mass is 35.5. The van der Waals surface area contributed by atoms with E-state index in [2.05, 4.69) is 10.2 Å². The van der Waals surface area contributed by atoms with Crippen molar-refractivity contribution in [3.8, 4) is 0 Å². The summed E-state index contributed by atoms with van der Waals surface area (Å²) in [5.41, 5.74) is 1.63. The van der Waals surface area contributed by atoms with Gasteiger partial charge in [-0.25, -0.2) is 0 Å². The quantitative estimate of drug-likeness (QED) is 0.847. The summed E-state index contributed by atoms with van der Waals surface area (Å²) in [6, 6.07) is 4.77. The number of rotatable bonds is 1. The van der Waals surface area contributed by atoms with Gasteiger partial charge in [0.1, 0.15) is 0 Å². The Bertz CT molecular complexity index is 735. The molecule has 0 atom stereocenters. The Morgan fingerprint density at radius 3 is 2.85 bits per heavy atom. The number of carbonyl (C=O) groups is 1. The minimum atomic E-state index is -0.219. The van der Waals surface area contributed by atoms with Gasteiger partial charge in [-0.3, -0.25) is 14.7 Å². The van der Waals surface area contributed by atoms with Crippen LogP contribution in [0.3, 0.4) is 0 Å². The van der Waals surface area contributed by atoms with Gasteiger partial charge in [0, 0.05) is 23.7 Å². The highest BCUT2D eigenvalue weighted by Crippen LogP contribution is 2.24. The van der Waals surface area contributed by atoms with Gasteiger partial charge in [0.05, 0.1) is 22.7 Å². The molecule has 3 rings (SSSR count). The van der Waals surface area contributed by atoms with Gasteiger partial charge in [0.2, 0.25) is 0 Å².